The highest BCUT2D eigenvalue weighted by molar-refractivity contribution is 8.00. The van der Waals surface area contributed by atoms with Gasteiger partial charge in [-0.3, -0.25) is 0 Å². The molecule has 1 fully saturated rings. The lowest BCUT2D eigenvalue weighted by molar-refractivity contribution is 0.536. The number of para-hydroxylation sites is 1. The summed E-state index contributed by atoms with van der Waals surface area (Å²) in [5.41, 5.74) is 2.90. The van der Waals surface area contributed by atoms with Crippen LogP contribution in [0.1, 0.15) is 38.8 Å². The van der Waals surface area contributed by atoms with Gasteiger partial charge >= 0.3 is 0 Å². The van der Waals surface area contributed by atoms with E-state index < -0.39 is 0 Å². The predicted molar refractivity (Wildman–Crippen MR) is 87.3 cm³/mol. The molecule has 1 aliphatic heterocycles. The van der Waals surface area contributed by atoms with E-state index >= 15 is 0 Å². The first-order chi connectivity index (χ1) is 9.26. The summed E-state index contributed by atoms with van der Waals surface area (Å²) in [5, 5.41) is 4.34. The average Bonchev–Trinajstić information content (AvgIpc) is 2.45. The fraction of sp³-hybridized carbons (Fsp3) is 0.625. The SMILES string of the molecule is CCNC(CC)c1ccccc1N1CCSC(C)C1. The third-order valence-corrected chi connectivity index (χ3v) is 4.89. The number of benzene rings is 1. The molecule has 1 aromatic rings. The van der Waals surface area contributed by atoms with Crippen LogP contribution in [0, 0.1) is 0 Å². The van der Waals surface area contributed by atoms with Crippen LogP contribution < -0.4 is 10.2 Å². The highest BCUT2D eigenvalue weighted by atomic mass is 32.2. The molecule has 0 saturated carbocycles. The zero-order chi connectivity index (χ0) is 13.7. The van der Waals surface area contributed by atoms with Gasteiger partial charge in [0, 0.05) is 35.8 Å². The standard InChI is InChI=1S/C16H26N2S/c1-4-15(17-5-2)14-8-6-7-9-16(14)18-10-11-19-13(3)12-18/h6-9,13,15,17H,4-5,10-12H2,1-3H3. The van der Waals surface area contributed by atoms with Gasteiger partial charge in [-0.05, 0) is 24.6 Å². The molecule has 2 unspecified atom stereocenters. The normalized spacial score (nSPS) is 21.4. The fourth-order valence-electron chi connectivity index (χ4n) is 2.83. The summed E-state index contributed by atoms with van der Waals surface area (Å²) in [7, 11) is 0. The second-order valence-electron chi connectivity index (χ2n) is 5.20. The summed E-state index contributed by atoms with van der Waals surface area (Å²) in [4.78, 5) is 2.57. The first-order valence-corrected chi connectivity index (χ1v) is 8.50. The molecule has 106 valence electrons. The minimum absolute atomic E-state index is 0.478. The summed E-state index contributed by atoms with van der Waals surface area (Å²) < 4.78 is 0. The smallest absolute Gasteiger partial charge is 0.0415 e. The average molecular weight is 278 g/mol. The highest BCUT2D eigenvalue weighted by Gasteiger charge is 2.21. The molecule has 1 aliphatic rings. The first kappa shape index (κ1) is 14.7. The molecule has 2 rings (SSSR count). The van der Waals surface area contributed by atoms with Crippen molar-refractivity contribution < 1.29 is 0 Å². The van der Waals surface area contributed by atoms with E-state index in [0.29, 0.717) is 6.04 Å². The van der Waals surface area contributed by atoms with E-state index in [9.17, 15) is 0 Å². The molecule has 0 spiro atoms. The van der Waals surface area contributed by atoms with Crippen molar-refractivity contribution in [3.63, 3.8) is 0 Å². The number of thioether (sulfide) groups is 1. The van der Waals surface area contributed by atoms with Crippen LogP contribution >= 0.6 is 11.8 Å². The van der Waals surface area contributed by atoms with E-state index in [0.717, 1.165) is 18.2 Å². The number of rotatable bonds is 5. The van der Waals surface area contributed by atoms with Crippen LogP contribution in [0.5, 0.6) is 0 Å². The number of hydrogen-bond donors (Lipinski definition) is 1. The lowest BCUT2D eigenvalue weighted by atomic mass is 10.0. The molecular formula is C16H26N2S. The predicted octanol–water partition coefficient (Wildman–Crippen LogP) is 3.69. The van der Waals surface area contributed by atoms with Gasteiger partial charge in [0.1, 0.15) is 0 Å². The van der Waals surface area contributed by atoms with Crippen LogP contribution in [0.15, 0.2) is 24.3 Å². The molecule has 2 nitrogen and oxygen atoms in total. The van der Waals surface area contributed by atoms with E-state index in [4.69, 9.17) is 0 Å². The maximum atomic E-state index is 3.61. The van der Waals surface area contributed by atoms with Crippen molar-refractivity contribution in [2.45, 2.75) is 38.5 Å². The Morgan fingerprint density at radius 2 is 2.16 bits per heavy atom. The Hall–Kier alpha value is -0.670. The largest absolute Gasteiger partial charge is 0.369 e. The van der Waals surface area contributed by atoms with Gasteiger partial charge in [0.2, 0.25) is 0 Å². The molecule has 3 heteroatoms. The molecular weight excluding hydrogens is 252 g/mol. The summed E-state index contributed by atoms with van der Waals surface area (Å²) in [5.74, 6) is 1.24. The van der Waals surface area contributed by atoms with Crippen LogP contribution in [0.2, 0.25) is 0 Å². The van der Waals surface area contributed by atoms with Gasteiger partial charge in [-0.2, -0.15) is 11.8 Å². The van der Waals surface area contributed by atoms with Crippen LogP contribution in [0.3, 0.4) is 0 Å². The van der Waals surface area contributed by atoms with Crippen molar-refractivity contribution in [1.82, 2.24) is 5.32 Å². The molecule has 1 heterocycles. The lowest BCUT2D eigenvalue weighted by Gasteiger charge is -2.35. The van der Waals surface area contributed by atoms with E-state index in [1.165, 1.54) is 30.1 Å². The molecule has 0 radical (unpaired) electrons. The zero-order valence-electron chi connectivity index (χ0n) is 12.4. The second kappa shape index (κ2) is 7.20. The molecule has 0 amide bonds. The summed E-state index contributed by atoms with van der Waals surface area (Å²) >= 11 is 2.09. The van der Waals surface area contributed by atoms with Crippen molar-refractivity contribution in [2.75, 3.05) is 30.3 Å². The topological polar surface area (TPSA) is 15.3 Å². The van der Waals surface area contributed by atoms with Crippen molar-refractivity contribution >= 4 is 17.4 Å². The van der Waals surface area contributed by atoms with Crippen LogP contribution in [0.4, 0.5) is 5.69 Å². The molecule has 1 saturated heterocycles. The van der Waals surface area contributed by atoms with Crippen molar-refractivity contribution in [3.8, 4) is 0 Å². The third kappa shape index (κ3) is 3.67. The van der Waals surface area contributed by atoms with Gasteiger partial charge in [-0.15, -0.1) is 0 Å². The minimum Gasteiger partial charge on any atom is -0.369 e. The molecule has 1 N–H and O–H groups in total. The lowest BCUT2D eigenvalue weighted by Crippen LogP contribution is -2.37. The first-order valence-electron chi connectivity index (χ1n) is 7.45. The Bertz CT molecular complexity index is 394. The maximum Gasteiger partial charge on any atom is 0.0415 e. The summed E-state index contributed by atoms with van der Waals surface area (Å²) in [6.45, 7) is 10.2. The quantitative estimate of drug-likeness (QED) is 0.884. The molecule has 0 bridgehead atoms. The van der Waals surface area contributed by atoms with Crippen molar-refractivity contribution in [1.29, 1.82) is 0 Å². The second-order valence-corrected chi connectivity index (χ2v) is 6.75. The Balaban J connectivity index is 2.24. The number of nitrogens with zero attached hydrogens (tertiary/aromatic N) is 1. The van der Waals surface area contributed by atoms with Gasteiger partial charge in [-0.25, -0.2) is 0 Å². The summed E-state index contributed by atoms with van der Waals surface area (Å²) in [6.07, 6.45) is 1.14. The Labute approximate surface area is 122 Å². The summed E-state index contributed by atoms with van der Waals surface area (Å²) in [6, 6.07) is 9.40. The molecule has 0 aliphatic carbocycles. The third-order valence-electron chi connectivity index (χ3n) is 3.75. The Morgan fingerprint density at radius 3 is 2.84 bits per heavy atom. The maximum absolute atomic E-state index is 3.61. The van der Waals surface area contributed by atoms with Crippen LogP contribution in [-0.2, 0) is 0 Å². The van der Waals surface area contributed by atoms with Crippen LogP contribution in [0.25, 0.3) is 0 Å². The zero-order valence-corrected chi connectivity index (χ0v) is 13.2. The monoisotopic (exact) mass is 278 g/mol. The Kier molecular flexibility index (Phi) is 5.59. The fourth-order valence-corrected chi connectivity index (χ4v) is 3.84. The number of nitrogens with one attached hydrogen (secondary N) is 1. The van der Waals surface area contributed by atoms with E-state index in [1.54, 1.807) is 0 Å². The van der Waals surface area contributed by atoms with Crippen LogP contribution in [-0.4, -0.2) is 30.6 Å². The molecule has 19 heavy (non-hydrogen) atoms. The number of anilines is 1. The number of hydrogen-bond acceptors (Lipinski definition) is 3. The van der Waals surface area contributed by atoms with Crippen molar-refractivity contribution in [2.24, 2.45) is 0 Å². The van der Waals surface area contributed by atoms with Gasteiger partial charge < -0.3 is 10.2 Å². The Morgan fingerprint density at radius 1 is 1.37 bits per heavy atom. The van der Waals surface area contributed by atoms with E-state index in [1.807, 2.05) is 0 Å². The van der Waals surface area contributed by atoms with Gasteiger partial charge in [0.25, 0.3) is 0 Å². The molecule has 0 aromatic heterocycles. The van der Waals surface area contributed by atoms with Gasteiger partial charge in [0.15, 0.2) is 0 Å². The minimum atomic E-state index is 0.478. The van der Waals surface area contributed by atoms with Gasteiger partial charge in [0.05, 0.1) is 0 Å². The van der Waals surface area contributed by atoms with E-state index in [-0.39, 0.29) is 0 Å². The van der Waals surface area contributed by atoms with Gasteiger partial charge in [-0.1, -0.05) is 39.0 Å². The van der Waals surface area contributed by atoms with Crippen molar-refractivity contribution in [3.05, 3.63) is 29.8 Å². The molecule has 1 aromatic carbocycles. The molecule has 2 atom stereocenters. The van der Waals surface area contributed by atoms with E-state index in [2.05, 4.69) is 67.0 Å². The highest BCUT2D eigenvalue weighted by Crippen LogP contribution is 2.31.